The highest BCUT2D eigenvalue weighted by atomic mass is 16.2. The minimum absolute atomic E-state index is 0.0330. The minimum Gasteiger partial charge on any atom is -0.358 e. The lowest BCUT2D eigenvalue weighted by Gasteiger charge is -2.38. The van der Waals surface area contributed by atoms with Crippen LogP contribution >= 0.6 is 0 Å². The summed E-state index contributed by atoms with van der Waals surface area (Å²) in [5, 5.41) is 2.89. The molecule has 0 unspecified atom stereocenters. The van der Waals surface area contributed by atoms with Gasteiger partial charge in [-0.3, -0.25) is 9.59 Å². The van der Waals surface area contributed by atoms with E-state index in [1.54, 1.807) is 0 Å². The first kappa shape index (κ1) is 11.3. The summed E-state index contributed by atoms with van der Waals surface area (Å²) in [4.78, 5) is 25.2. The van der Waals surface area contributed by atoms with Crippen LogP contribution in [0.25, 0.3) is 0 Å². The van der Waals surface area contributed by atoms with Gasteiger partial charge in [-0.1, -0.05) is 12.1 Å². The van der Waals surface area contributed by atoms with Crippen LogP contribution in [0.5, 0.6) is 0 Å². The molecule has 0 bridgehead atoms. The molecule has 1 amide bonds. The number of nitrogens with one attached hydrogen (secondary N) is 1. The molecule has 1 N–H and O–H groups in total. The Balaban J connectivity index is 1.88. The molecule has 3 rings (SSSR count). The van der Waals surface area contributed by atoms with Crippen molar-refractivity contribution >= 4 is 23.1 Å². The lowest BCUT2D eigenvalue weighted by atomic mass is 9.92. The van der Waals surface area contributed by atoms with Crippen LogP contribution in [0.3, 0.4) is 0 Å². The largest absolute Gasteiger partial charge is 0.358 e. The fraction of sp³-hybridized carbons (Fsp3) is 0.429. The first-order valence-corrected chi connectivity index (χ1v) is 6.41. The van der Waals surface area contributed by atoms with Gasteiger partial charge in [0.2, 0.25) is 5.91 Å². The maximum atomic E-state index is 11.7. The van der Waals surface area contributed by atoms with Crippen molar-refractivity contribution in [1.82, 2.24) is 0 Å². The number of fused-ring (bicyclic) bond motifs is 1. The predicted molar refractivity (Wildman–Crippen MR) is 69.7 cm³/mol. The van der Waals surface area contributed by atoms with E-state index in [9.17, 15) is 9.59 Å². The number of para-hydroxylation sites is 2. The first-order valence-electron chi connectivity index (χ1n) is 6.41. The molecule has 0 aromatic heterocycles. The monoisotopic (exact) mass is 244 g/mol. The van der Waals surface area contributed by atoms with Crippen LogP contribution in [-0.2, 0) is 9.59 Å². The number of benzene rings is 1. The van der Waals surface area contributed by atoms with Crippen molar-refractivity contribution in [1.29, 1.82) is 0 Å². The van der Waals surface area contributed by atoms with Crippen molar-refractivity contribution in [3.05, 3.63) is 24.3 Å². The maximum absolute atomic E-state index is 11.7. The Morgan fingerprint density at radius 1 is 1.11 bits per heavy atom. The Kier molecular flexibility index (Phi) is 2.78. The van der Waals surface area contributed by atoms with Gasteiger partial charge in [0.05, 0.1) is 17.9 Å². The van der Waals surface area contributed by atoms with Gasteiger partial charge in [0.25, 0.3) is 0 Å². The minimum atomic E-state index is 0.0330. The molecule has 0 radical (unpaired) electrons. The van der Waals surface area contributed by atoms with E-state index < -0.39 is 0 Å². The van der Waals surface area contributed by atoms with E-state index in [0.717, 1.165) is 24.2 Å². The third kappa shape index (κ3) is 1.98. The van der Waals surface area contributed by atoms with Gasteiger partial charge in [-0.2, -0.15) is 0 Å². The zero-order valence-electron chi connectivity index (χ0n) is 10.2. The second-order valence-electron chi connectivity index (χ2n) is 4.96. The molecule has 0 atom stereocenters. The summed E-state index contributed by atoms with van der Waals surface area (Å²) in [6, 6.07) is 8.18. The quantitative estimate of drug-likeness (QED) is 0.821. The first-order chi connectivity index (χ1) is 8.74. The highest BCUT2D eigenvalue weighted by Crippen LogP contribution is 2.33. The highest BCUT2D eigenvalue weighted by molar-refractivity contribution is 6.01. The van der Waals surface area contributed by atoms with Crippen LogP contribution < -0.4 is 10.2 Å². The van der Waals surface area contributed by atoms with E-state index in [2.05, 4.69) is 10.2 Å². The number of nitrogens with zero attached hydrogens (tertiary/aromatic N) is 1. The zero-order chi connectivity index (χ0) is 12.5. The Hall–Kier alpha value is -1.84. The summed E-state index contributed by atoms with van der Waals surface area (Å²) in [6.07, 6.45) is 3.01. The van der Waals surface area contributed by atoms with Crippen molar-refractivity contribution in [2.24, 2.45) is 0 Å². The third-order valence-electron chi connectivity index (χ3n) is 3.76. The van der Waals surface area contributed by atoms with Gasteiger partial charge < -0.3 is 10.2 Å². The molecule has 1 fully saturated rings. The summed E-state index contributed by atoms with van der Waals surface area (Å²) in [6.45, 7) is 0.399. The number of hydrogen-bond acceptors (Lipinski definition) is 3. The van der Waals surface area contributed by atoms with Crippen LogP contribution in [0.15, 0.2) is 24.3 Å². The molecule has 1 aromatic rings. The number of carbonyl (C=O) groups excluding carboxylic acids is 2. The smallest absolute Gasteiger partial charge is 0.243 e. The third-order valence-corrected chi connectivity index (χ3v) is 3.76. The van der Waals surface area contributed by atoms with Gasteiger partial charge in [-0.15, -0.1) is 0 Å². The van der Waals surface area contributed by atoms with Crippen molar-refractivity contribution in [3.8, 4) is 0 Å². The maximum Gasteiger partial charge on any atom is 0.243 e. The van der Waals surface area contributed by atoms with Crippen LogP contribution in [0.2, 0.25) is 0 Å². The highest BCUT2D eigenvalue weighted by Gasteiger charge is 2.30. The van der Waals surface area contributed by atoms with E-state index in [4.69, 9.17) is 0 Å². The summed E-state index contributed by atoms with van der Waals surface area (Å²) < 4.78 is 0. The van der Waals surface area contributed by atoms with Gasteiger partial charge in [0, 0.05) is 18.9 Å². The summed E-state index contributed by atoms with van der Waals surface area (Å²) in [5.74, 6) is 0.381. The lowest BCUT2D eigenvalue weighted by molar-refractivity contribution is -0.120. The Morgan fingerprint density at radius 3 is 2.61 bits per heavy atom. The number of ketones is 1. The van der Waals surface area contributed by atoms with Crippen LogP contribution in [-0.4, -0.2) is 24.3 Å². The molecule has 0 spiro atoms. The fourth-order valence-electron chi connectivity index (χ4n) is 2.82. The number of rotatable bonds is 1. The van der Waals surface area contributed by atoms with Crippen molar-refractivity contribution < 1.29 is 9.59 Å². The van der Waals surface area contributed by atoms with Crippen molar-refractivity contribution in [2.45, 2.75) is 31.7 Å². The molecule has 4 heteroatoms. The van der Waals surface area contributed by atoms with E-state index >= 15 is 0 Å². The molecule has 18 heavy (non-hydrogen) atoms. The number of hydrogen-bond donors (Lipinski definition) is 1. The molecule has 0 saturated heterocycles. The van der Waals surface area contributed by atoms with Gasteiger partial charge >= 0.3 is 0 Å². The normalized spacial score (nSPS) is 20.6. The predicted octanol–water partition coefficient (Wildman–Crippen LogP) is 1.96. The van der Waals surface area contributed by atoms with Crippen molar-refractivity contribution in [3.63, 3.8) is 0 Å². The Bertz CT molecular complexity index is 488. The molecule has 1 aliphatic heterocycles. The SMILES string of the molecule is O=C1CCC(N2CC(=O)Nc3ccccc32)CC1. The number of anilines is 2. The van der Waals surface area contributed by atoms with E-state index in [0.29, 0.717) is 31.2 Å². The number of carbonyl (C=O) groups is 2. The summed E-state index contributed by atoms with van der Waals surface area (Å²) in [5.41, 5.74) is 1.96. The fourth-order valence-corrected chi connectivity index (χ4v) is 2.82. The molecule has 1 aliphatic carbocycles. The molecule has 2 aliphatic rings. The Morgan fingerprint density at radius 2 is 1.83 bits per heavy atom. The van der Waals surface area contributed by atoms with Crippen molar-refractivity contribution in [2.75, 3.05) is 16.8 Å². The molecule has 1 aromatic carbocycles. The average Bonchev–Trinajstić information content (AvgIpc) is 2.38. The second kappa shape index (κ2) is 4.44. The standard InChI is InChI=1S/C14H16N2O2/c17-11-7-5-10(6-8-11)16-9-14(18)15-12-3-1-2-4-13(12)16/h1-4,10H,5-9H2,(H,15,18). The van der Waals surface area contributed by atoms with E-state index in [1.165, 1.54) is 0 Å². The molecule has 1 heterocycles. The zero-order valence-corrected chi connectivity index (χ0v) is 10.2. The van der Waals surface area contributed by atoms with E-state index in [1.807, 2.05) is 24.3 Å². The molecule has 4 nitrogen and oxygen atoms in total. The van der Waals surface area contributed by atoms with Crippen LogP contribution in [0.1, 0.15) is 25.7 Å². The van der Waals surface area contributed by atoms with Gasteiger partial charge in [0.1, 0.15) is 5.78 Å². The number of Topliss-reactive ketones (excluding diaryl/α,β-unsaturated/α-hetero) is 1. The van der Waals surface area contributed by atoms with Gasteiger partial charge in [-0.05, 0) is 25.0 Å². The Labute approximate surface area is 106 Å². The molecule has 1 saturated carbocycles. The van der Waals surface area contributed by atoms with Gasteiger partial charge in [-0.25, -0.2) is 0 Å². The summed E-state index contributed by atoms with van der Waals surface area (Å²) >= 11 is 0. The topological polar surface area (TPSA) is 49.4 Å². The number of amides is 1. The molecular weight excluding hydrogens is 228 g/mol. The second-order valence-corrected chi connectivity index (χ2v) is 4.96. The lowest BCUT2D eigenvalue weighted by Crippen LogP contribution is -2.46. The molecular formula is C14H16N2O2. The van der Waals surface area contributed by atoms with E-state index in [-0.39, 0.29) is 5.91 Å². The average molecular weight is 244 g/mol. The van der Waals surface area contributed by atoms with Crippen LogP contribution in [0, 0.1) is 0 Å². The summed E-state index contributed by atoms with van der Waals surface area (Å²) in [7, 11) is 0. The van der Waals surface area contributed by atoms with Crippen LogP contribution in [0.4, 0.5) is 11.4 Å². The molecule has 94 valence electrons. The van der Waals surface area contributed by atoms with Gasteiger partial charge in [0.15, 0.2) is 0 Å².